The van der Waals surface area contributed by atoms with Gasteiger partial charge in [0.2, 0.25) is 0 Å². The first-order chi connectivity index (χ1) is 9.69. The van der Waals surface area contributed by atoms with Crippen molar-refractivity contribution in [1.82, 2.24) is 0 Å². The van der Waals surface area contributed by atoms with Crippen molar-refractivity contribution in [2.75, 3.05) is 11.9 Å². The second-order valence-corrected chi connectivity index (χ2v) is 4.28. The number of aliphatic hydroxyl groups excluding tert-OH is 1. The van der Waals surface area contributed by atoms with E-state index in [1.165, 1.54) is 12.1 Å². The van der Waals surface area contributed by atoms with Crippen molar-refractivity contribution in [3.05, 3.63) is 52.9 Å². The summed E-state index contributed by atoms with van der Waals surface area (Å²) in [5.41, 5.74) is 1.45. The Morgan fingerprint density at radius 1 is 1.25 bits per heavy atom. The van der Waals surface area contributed by atoms with Gasteiger partial charge in [-0.25, -0.2) is 0 Å². The van der Waals surface area contributed by atoms with Crippen LogP contribution in [0.25, 0.3) is 0 Å². The molecule has 4 nitrogen and oxygen atoms in total. The monoisotopic (exact) mass is 289 g/mol. The third kappa shape index (κ3) is 3.89. The lowest BCUT2D eigenvalue weighted by atomic mass is 10.2. The number of furan rings is 1. The average Bonchev–Trinajstić information content (AvgIpc) is 2.88. The summed E-state index contributed by atoms with van der Waals surface area (Å²) in [4.78, 5) is 11.8. The number of aliphatic hydroxyl groups is 1. The molecule has 0 unspecified atom stereocenters. The summed E-state index contributed by atoms with van der Waals surface area (Å²) in [6.45, 7) is 0.0485. The van der Waals surface area contributed by atoms with Gasteiger partial charge in [0.1, 0.15) is 0 Å². The third-order valence-electron chi connectivity index (χ3n) is 2.41. The molecule has 2 N–H and O–H groups in total. The molecule has 0 radical (unpaired) electrons. The van der Waals surface area contributed by atoms with Gasteiger partial charge in [-0.1, -0.05) is 11.8 Å². The molecule has 0 aliphatic heterocycles. The number of benzene rings is 1. The molecule has 1 aromatic carbocycles. The maximum absolute atomic E-state index is 11.8. The zero-order valence-corrected chi connectivity index (χ0v) is 11.3. The molecule has 5 heteroatoms. The average molecular weight is 290 g/mol. The van der Waals surface area contributed by atoms with Crippen LogP contribution in [0.2, 0.25) is 5.22 Å². The summed E-state index contributed by atoms with van der Waals surface area (Å²) in [6.07, 6.45) is 0.442. The zero-order chi connectivity index (χ0) is 14.4. The van der Waals surface area contributed by atoms with E-state index in [-0.39, 0.29) is 23.5 Å². The smallest absolute Gasteiger partial charge is 0.291 e. The van der Waals surface area contributed by atoms with E-state index in [0.29, 0.717) is 12.1 Å². The van der Waals surface area contributed by atoms with E-state index in [0.717, 1.165) is 5.56 Å². The minimum Gasteiger partial charge on any atom is -0.440 e. The van der Waals surface area contributed by atoms with E-state index in [2.05, 4.69) is 17.2 Å². The van der Waals surface area contributed by atoms with Crippen LogP contribution in [0.3, 0.4) is 0 Å². The number of halogens is 1. The molecule has 0 saturated carbocycles. The van der Waals surface area contributed by atoms with E-state index < -0.39 is 0 Å². The van der Waals surface area contributed by atoms with Gasteiger partial charge in [-0.2, -0.15) is 0 Å². The van der Waals surface area contributed by atoms with Crippen molar-refractivity contribution in [2.24, 2.45) is 0 Å². The highest BCUT2D eigenvalue weighted by molar-refractivity contribution is 6.29. The SMILES string of the molecule is O=C(Nc1ccc(C#CCCO)cc1)c1ccc(Cl)o1. The number of nitrogens with one attached hydrogen (secondary N) is 1. The minimum absolute atomic E-state index is 0.0485. The predicted octanol–water partition coefficient (Wildman–Crippen LogP) is 2.92. The maximum atomic E-state index is 11.8. The summed E-state index contributed by atoms with van der Waals surface area (Å²) in [6, 6.07) is 10.1. The summed E-state index contributed by atoms with van der Waals surface area (Å²) < 4.78 is 5.01. The molecule has 0 aliphatic carbocycles. The molecule has 20 heavy (non-hydrogen) atoms. The number of rotatable bonds is 3. The van der Waals surface area contributed by atoms with Crippen molar-refractivity contribution in [2.45, 2.75) is 6.42 Å². The first kappa shape index (κ1) is 14.2. The van der Waals surface area contributed by atoms with Crippen LogP contribution in [0.5, 0.6) is 0 Å². The van der Waals surface area contributed by atoms with Crippen LogP contribution in [0, 0.1) is 11.8 Å². The number of anilines is 1. The lowest BCUT2D eigenvalue weighted by Gasteiger charge is -2.02. The Labute approximate surface area is 121 Å². The second-order valence-electron chi connectivity index (χ2n) is 3.91. The van der Waals surface area contributed by atoms with Crippen LogP contribution in [0.4, 0.5) is 5.69 Å². The number of amides is 1. The molecule has 102 valence electrons. The summed E-state index contributed by atoms with van der Waals surface area (Å²) in [5, 5.41) is 11.5. The molecule has 0 aliphatic rings. The molecule has 0 bridgehead atoms. The third-order valence-corrected chi connectivity index (χ3v) is 2.61. The van der Waals surface area contributed by atoms with Crippen LogP contribution in [0.1, 0.15) is 22.5 Å². The van der Waals surface area contributed by atoms with Gasteiger partial charge < -0.3 is 14.8 Å². The molecule has 2 aromatic rings. The largest absolute Gasteiger partial charge is 0.440 e. The van der Waals surface area contributed by atoms with Crippen LogP contribution < -0.4 is 5.32 Å². The molecule has 1 heterocycles. The van der Waals surface area contributed by atoms with Gasteiger partial charge in [0.25, 0.3) is 5.91 Å². The van der Waals surface area contributed by atoms with Crippen LogP contribution in [-0.4, -0.2) is 17.6 Å². The summed E-state index contributed by atoms with van der Waals surface area (Å²) >= 11 is 5.61. The normalized spacial score (nSPS) is 9.70. The highest BCUT2D eigenvalue weighted by atomic mass is 35.5. The summed E-state index contributed by atoms with van der Waals surface area (Å²) in [5.74, 6) is 5.52. The number of hydrogen-bond donors (Lipinski definition) is 2. The molecular formula is C15H12ClNO3. The second kappa shape index (κ2) is 6.80. The quantitative estimate of drug-likeness (QED) is 0.854. The van der Waals surface area contributed by atoms with E-state index in [1.807, 2.05) is 0 Å². The molecule has 0 spiro atoms. The van der Waals surface area contributed by atoms with Gasteiger partial charge in [-0.3, -0.25) is 4.79 Å². The fourth-order valence-corrected chi connectivity index (χ4v) is 1.63. The first-order valence-electron chi connectivity index (χ1n) is 5.95. The van der Waals surface area contributed by atoms with E-state index in [4.69, 9.17) is 21.1 Å². The van der Waals surface area contributed by atoms with E-state index in [9.17, 15) is 4.79 Å². The topological polar surface area (TPSA) is 62.5 Å². The standard InChI is InChI=1S/C15H12ClNO3/c16-14-9-8-13(20-14)15(19)17-12-6-4-11(5-7-12)3-1-2-10-18/h4-9,18H,2,10H2,(H,17,19). The van der Waals surface area contributed by atoms with Crippen molar-refractivity contribution >= 4 is 23.2 Å². The predicted molar refractivity (Wildman–Crippen MR) is 76.7 cm³/mol. The molecular weight excluding hydrogens is 278 g/mol. The van der Waals surface area contributed by atoms with Gasteiger partial charge >= 0.3 is 0 Å². The van der Waals surface area contributed by atoms with Gasteiger partial charge in [0.05, 0.1) is 6.61 Å². The van der Waals surface area contributed by atoms with Crippen LogP contribution in [-0.2, 0) is 0 Å². The van der Waals surface area contributed by atoms with Crippen molar-refractivity contribution in [1.29, 1.82) is 0 Å². The molecule has 2 rings (SSSR count). The van der Waals surface area contributed by atoms with Gasteiger partial charge in [-0.15, -0.1) is 0 Å². The van der Waals surface area contributed by atoms with Gasteiger partial charge in [0.15, 0.2) is 11.0 Å². The van der Waals surface area contributed by atoms with E-state index >= 15 is 0 Å². The molecule has 1 amide bonds. The van der Waals surface area contributed by atoms with Gasteiger partial charge in [-0.05, 0) is 48.0 Å². The Morgan fingerprint density at radius 2 is 2.00 bits per heavy atom. The fraction of sp³-hybridized carbons (Fsp3) is 0.133. The maximum Gasteiger partial charge on any atom is 0.291 e. The number of carbonyl (C=O) groups is 1. The molecule has 0 fully saturated rings. The lowest BCUT2D eigenvalue weighted by Crippen LogP contribution is -2.10. The van der Waals surface area contributed by atoms with Crippen molar-refractivity contribution in [3.63, 3.8) is 0 Å². The Kier molecular flexibility index (Phi) is 4.83. The van der Waals surface area contributed by atoms with Crippen LogP contribution in [0.15, 0.2) is 40.8 Å². The molecule has 1 aromatic heterocycles. The van der Waals surface area contributed by atoms with Crippen LogP contribution >= 0.6 is 11.6 Å². The van der Waals surface area contributed by atoms with Crippen molar-refractivity contribution in [3.8, 4) is 11.8 Å². The van der Waals surface area contributed by atoms with Gasteiger partial charge in [0, 0.05) is 17.7 Å². The highest BCUT2D eigenvalue weighted by Gasteiger charge is 2.10. The Hall–Kier alpha value is -2.22. The Balaban J connectivity index is 2.01. The van der Waals surface area contributed by atoms with E-state index in [1.54, 1.807) is 24.3 Å². The highest BCUT2D eigenvalue weighted by Crippen LogP contribution is 2.15. The Morgan fingerprint density at radius 3 is 2.60 bits per heavy atom. The lowest BCUT2D eigenvalue weighted by molar-refractivity contribution is 0.0997. The van der Waals surface area contributed by atoms with Crippen molar-refractivity contribution < 1.29 is 14.3 Å². The fourth-order valence-electron chi connectivity index (χ4n) is 1.49. The summed E-state index contributed by atoms with van der Waals surface area (Å²) in [7, 11) is 0. The Bertz CT molecular complexity index is 650. The number of carbonyl (C=O) groups excluding carboxylic acids is 1. The zero-order valence-electron chi connectivity index (χ0n) is 10.5. The molecule has 0 saturated heterocycles. The minimum atomic E-state index is -0.365. The first-order valence-corrected chi connectivity index (χ1v) is 6.33. The molecule has 0 atom stereocenters. The number of hydrogen-bond acceptors (Lipinski definition) is 3.